The lowest BCUT2D eigenvalue weighted by molar-refractivity contribution is -0.143. The van der Waals surface area contributed by atoms with Gasteiger partial charge in [0.05, 0.1) is 25.4 Å². The van der Waals surface area contributed by atoms with Gasteiger partial charge >= 0.3 is 5.97 Å². The van der Waals surface area contributed by atoms with Gasteiger partial charge in [0.15, 0.2) is 0 Å². The molecule has 0 aliphatic heterocycles. The van der Waals surface area contributed by atoms with Crippen LogP contribution in [0.1, 0.15) is 341 Å². The third-order valence-corrected chi connectivity index (χ3v) is 14.2. The van der Waals surface area contributed by atoms with Crippen molar-refractivity contribution in [2.75, 3.05) is 13.2 Å². The maximum absolute atomic E-state index is 12.5. The molecular formula is C59H117NO5. The van der Waals surface area contributed by atoms with Gasteiger partial charge in [0.2, 0.25) is 5.91 Å². The van der Waals surface area contributed by atoms with Gasteiger partial charge in [0.25, 0.3) is 0 Å². The van der Waals surface area contributed by atoms with E-state index in [1.54, 1.807) is 0 Å². The fraction of sp³-hybridized carbons (Fsp3) is 0.966. The van der Waals surface area contributed by atoms with Crippen molar-refractivity contribution in [3.05, 3.63) is 0 Å². The average molecular weight is 921 g/mol. The Labute approximate surface area is 406 Å². The highest BCUT2D eigenvalue weighted by Gasteiger charge is 2.20. The van der Waals surface area contributed by atoms with Gasteiger partial charge in [-0.15, -0.1) is 0 Å². The molecule has 0 radical (unpaired) electrons. The van der Waals surface area contributed by atoms with Gasteiger partial charge in [-0.05, 0) is 25.7 Å². The van der Waals surface area contributed by atoms with Crippen LogP contribution in [0.2, 0.25) is 0 Å². The number of ether oxygens (including phenoxy) is 1. The molecule has 2 unspecified atom stereocenters. The molecule has 0 fully saturated rings. The molecule has 0 saturated carbocycles. The fourth-order valence-corrected chi connectivity index (χ4v) is 9.58. The first-order valence-electron chi connectivity index (χ1n) is 29.8. The molecule has 0 aromatic carbocycles. The van der Waals surface area contributed by atoms with Gasteiger partial charge in [-0.25, -0.2) is 0 Å². The van der Waals surface area contributed by atoms with Gasteiger partial charge < -0.3 is 20.3 Å². The molecule has 6 nitrogen and oxygen atoms in total. The van der Waals surface area contributed by atoms with Crippen molar-refractivity contribution in [3.8, 4) is 0 Å². The minimum absolute atomic E-state index is 0.00244. The molecule has 0 aromatic heterocycles. The smallest absolute Gasteiger partial charge is 0.305 e. The van der Waals surface area contributed by atoms with Crippen LogP contribution in [0.3, 0.4) is 0 Å². The predicted molar refractivity (Wildman–Crippen MR) is 283 cm³/mol. The van der Waals surface area contributed by atoms with E-state index in [2.05, 4.69) is 19.2 Å². The molecule has 1 amide bonds. The van der Waals surface area contributed by atoms with Crippen molar-refractivity contribution >= 4 is 11.9 Å². The highest BCUT2D eigenvalue weighted by atomic mass is 16.5. The number of rotatable bonds is 56. The second kappa shape index (κ2) is 55.5. The Morgan fingerprint density at radius 3 is 0.938 bits per heavy atom. The molecule has 0 aliphatic carbocycles. The number of aliphatic hydroxyl groups is 2. The van der Waals surface area contributed by atoms with Crippen LogP contribution in [0, 0.1) is 0 Å². The normalized spacial score (nSPS) is 12.5. The lowest BCUT2D eigenvalue weighted by Crippen LogP contribution is -2.45. The van der Waals surface area contributed by atoms with E-state index < -0.39 is 12.1 Å². The van der Waals surface area contributed by atoms with Crippen molar-refractivity contribution < 1.29 is 24.5 Å². The Kier molecular flexibility index (Phi) is 54.5. The van der Waals surface area contributed by atoms with E-state index in [1.807, 2.05) is 0 Å². The molecule has 0 bridgehead atoms. The Hall–Kier alpha value is -1.14. The summed E-state index contributed by atoms with van der Waals surface area (Å²) in [5.41, 5.74) is 0. The molecule has 388 valence electrons. The summed E-state index contributed by atoms with van der Waals surface area (Å²) < 4.78 is 5.47. The van der Waals surface area contributed by atoms with E-state index >= 15 is 0 Å². The number of amides is 1. The summed E-state index contributed by atoms with van der Waals surface area (Å²) in [6.45, 7) is 4.96. The van der Waals surface area contributed by atoms with Gasteiger partial charge in [0, 0.05) is 12.8 Å². The van der Waals surface area contributed by atoms with Gasteiger partial charge in [0.1, 0.15) is 0 Å². The van der Waals surface area contributed by atoms with E-state index in [0.29, 0.717) is 25.9 Å². The first-order chi connectivity index (χ1) is 32.0. The number of hydrogen-bond donors (Lipinski definition) is 3. The zero-order chi connectivity index (χ0) is 47.2. The molecule has 65 heavy (non-hydrogen) atoms. The van der Waals surface area contributed by atoms with Crippen molar-refractivity contribution in [3.63, 3.8) is 0 Å². The van der Waals surface area contributed by atoms with Crippen LogP contribution in [0.25, 0.3) is 0 Å². The summed E-state index contributed by atoms with van der Waals surface area (Å²) >= 11 is 0. The summed E-state index contributed by atoms with van der Waals surface area (Å²) in [7, 11) is 0. The standard InChI is InChI=1S/C59H117NO5/c1-3-5-7-9-11-13-15-17-18-19-20-21-22-23-24-25-28-31-35-39-43-47-51-57(62)56(55-61)60-58(63)52-48-44-40-36-32-29-26-30-34-38-42-46-50-54-65-59(64)53-49-45-41-37-33-27-16-14-12-10-8-6-4-2/h56-57,61-62H,3-55H2,1-2H3,(H,60,63). The van der Waals surface area contributed by atoms with Crippen molar-refractivity contribution in [1.29, 1.82) is 0 Å². The minimum Gasteiger partial charge on any atom is -0.466 e. The number of nitrogens with one attached hydrogen (secondary N) is 1. The van der Waals surface area contributed by atoms with Crippen LogP contribution >= 0.6 is 0 Å². The lowest BCUT2D eigenvalue weighted by atomic mass is 10.0. The first-order valence-corrected chi connectivity index (χ1v) is 29.8. The minimum atomic E-state index is -0.672. The molecule has 0 spiro atoms. The predicted octanol–water partition coefficient (Wildman–Crippen LogP) is 18.3. The maximum atomic E-state index is 12.5. The van der Waals surface area contributed by atoms with Crippen molar-refractivity contribution in [1.82, 2.24) is 5.32 Å². The van der Waals surface area contributed by atoms with Crippen LogP contribution in [0.4, 0.5) is 0 Å². The number of aliphatic hydroxyl groups excluding tert-OH is 2. The summed E-state index contributed by atoms with van der Waals surface area (Å²) in [5.74, 6) is -0.0456. The SMILES string of the molecule is CCCCCCCCCCCCCCCCCCCCCCCCC(O)C(CO)NC(=O)CCCCCCCCCCCCCCCOC(=O)CCCCCCCCCCCCCCC. The summed E-state index contributed by atoms with van der Waals surface area (Å²) in [6, 6.07) is -0.550. The third-order valence-electron chi connectivity index (χ3n) is 14.2. The zero-order valence-corrected chi connectivity index (χ0v) is 44.3. The van der Waals surface area contributed by atoms with Gasteiger partial charge in [-0.3, -0.25) is 9.59 Å². The van der Waals surface area contributed by atoms with E-state index in [-0.39, 0.29) is 18.5 Å². The van der Waals surface area contributed by atoms with Crippen molar-refractivity contribution in [2.24, 2.45) is 0 Å². The van der Waals surface area contributed by atoms with Crippen LogP contribution in [-0.2, 0) is 14.3 Å². The molecule has 0 rings (SSSR count). The number of unbranched alkanes of at least 4 members (excludes halogenated alkanes) is 45. The molecule has 0 aromatic rings. The molecule has 0 heterocycles. The third kappa shape index (κ3) is 52.1. The fourth-order valence-electron chi connectivity index (χ4n) is 9.58. The highest BCUT2D eigenvalue weighted by Crippen LogP contribution is 2.18. The molecular weight excluding hydrogens is 803 g/mol. The number of esters is 1. The molecule has 2 atom stereocenters. The van der Waals surface area contributed by atoms with Crippen LogP contribution in [0.15, 0.2) is 0 Å². The molecule has 3 N–H and O–H groups in total. The van der Waals surface area contributed by atoms with E-state index in [4.69, 9.17) is 4.74 Å². The van der Waals surface area contributed by atoms with Gasteiger partial charge in [-0.1, -0.05) is 303 Å². The Bertz CT molecular complexity index is 928. The Balaban J connectivity index is 3.43. The first kappa shape index (κ1) is 63.9. The summed E-state index contributed by atoms with van der Waals surface area (Å²) in [4.78, 5) is 24.5. The highest BCUT2D eigenvalue weighted by molar-refractivity contribution is 5.76. The average Bonchev–Trinajstić information content (AvgIpc) is 3.31. The summed E-state index contributed by atoms with van der Waals surface area (Å²) in [6.07, 6.45) is 63.8. The van der Waals surface area contributed by atoms with E-state index in [9.17, 15) is 19.8 Å². The Morgan fingerprint density at radius 1 is 0.369 bits per heavy atom. The van der Waals surface area contributed by atoms with Crippen LogP contribution in [0.5, 0.6) is 0 Å². The zero-order valence-electron chi connectivity index (χ0n) is 44.3. The second-order valence-electron chi connectivity index (χ2n) is 20.7. The molecule has 0 aliphatic rings. The number of hydrogen-bond acceptors (Lipinski definition) is 5. The summed E-state index contributed by atoms with van der Waals surface area (Å²) in [5, 5.41) is 23.3. The number of carbonyl (C=O) groups is 2. The van der Waals surface area contributed by atoms with Crippen LogP contribution in [-0.4, -0.2) is 47.4 Å². The lowest BCUT2D eigenvalue weighted by Gasteiger charge is -2.22. The topological polar surface area (TPSA) is 95.9 Å². The van der Waals surface area contributed by atoms with Crippen molar-refractivity contribution in [2.45, 2.75) is 353 Å². The van der Waals surface area contributed by atoms with E-state index in [0.717, 1.165) is 51.4 Å². The maximum Gasteiger partial charge on any atom is 0.305 e. The van der Waals surface area contributed by atoms with Crippen LogP contribution < -0.4 is 5.32 Å². The quantitative estimate of drug-likeness (QED) is 0.0417. The monoisotopic (exact) mass is 920 g/mol. The van der Waals surface area contributed by atoms with Gasteiger partial charge in [-0.2, -0.15) is 0 Å². The second-order valence-corrected chi connectivity index (χ2v) is 20.7. The number of carbonyl (C=O) groups excluding carboxylic acids is 2. The largest absolute Gasteiger partial charge is 0.466 e. The molecule has 0 saturated heterocycles. The molecule has 6 heteroatoms. The van der Waals surface area contributed by atoms with E-state index in [1.165, 1.54) is 257 Å². The Morgan fingerprint density at radius 2 is 0.631 bits per heavy atom.